The number of alkyl halides is 1. The van der Waals surface area contributed by atoms with E-state index in [1.165, 1.54) is 0 Å². The molecule has 0 radical (unpaired) electrons. The van der Waals surface area contributed by atoms with Gasteiger partial charge in [0.1, 0.15) is 23.8 Å². The summed E-state index contributed by atoms with van der Waals surface area (Å²) in [6.45, 7) is 0.838. The van der Waals surface area contributed by atoms with Crippen molar-refractivity contribution >= 4 is 23.2 Å². The van der Waals surface area contributed by atoms with Crippen LogP contribution in [0.5, 0.6) is 23.0 Å². The average Bonchev–Trinajstić information content (AvgIpc) is 3.88. The number of methoxy groups -OCH3 is 3. The smallest absolute Gasteiger partial charge is 0.272 e. The Morgan fingerprint density at radius 1 is 0.952 bits per heavy atom. The first-order valence-electron chi connectivity index (χ1n) is 13.8. The van der Waals surface area contributed by atoms with Gasteiger partial charge in [-0.3, -0.25) is 9.79 Å². The zero-order valence-corrected chi connectivity index (χ0v) is 25.3. The van der Waals surface area contributed by atoms with Gasteiger partial charge in [0.15, 0.2) is 11.5 Å². The van der Waals surface area contributed by atoms with Crippen molar-refractivity contribution < 1.29 is 23.7 Å². The fourth-order valence-corrected chi connectivity index (χ4v) is 4.76. The van der Waals surface area contributed by atoms with Crippen LogP contribution >= 0.6 is 11.6 Å². The molecule has 1 fully saturated rings. The van der Waals surface area contributed by atoms with Crippen LogP contribution in [0, 0.1) is 5.92 Å². The molecule has 0 aliphatic heterocycles. The van der Waals surface area contributed by atoms with Crippen LogP contribution in [0.15, 0.2) is 77.4 Å². The molecule has 2 N–H and O–H groups in total. The molecule has 1 saturated carbocycles. The largest absolute Gasteiger partial charge is 0.497 e. The highest BCUT2D eigenvalue weighted by Crippen LogP contribution is 2.35. The molecule has 222 valence electrons. The van der Waals surface area contributed by atoms with E-state index >= 15 is 0 Å². The van der Waals surface area contributed by atoms with Crippen molar-refractivity contribution in [2.45, 2.75) is 38.4 Å². The number of para-hydroxylation sites is 1. The first kappa shape index (κ1) is 30.8. The van der Waals surface area contributed by atoms with Crippen LogP contribution < -0.4 is 24.7 Å². The van der Waals surface area contributed by atoms with Gasteiger partial charge in [0.25, 0.3) is 5.91 Å². The van der Waals surface area contributed by atoms with E-state index < -0.39 is 0 Å². The number of aliphatic imine (C=N–C) groups is 1. The SMILES string of the molecule is CN=C(/C=C(\N)C1CC1)C(=O)N(Cc1ccc(OC)cc1OC)Cc1cccc(OCc2ccc(CCl)cc2)c1OC. The Morgan fingerprint density at radius 3 is 2.29 bits per heavy atom. The number of halogens is 1. The molecule has 1 amide bonds. The summed E-state index contributed by atoms with van der Waals surface area (Å²) in [5.41, 5.74) is 10.9. The van der Waals surface area contributed by atoms with Crippen LogP contribution in [0.4, 0.5) is 0 Å². The van der Waals surface area contributed by atoms with Crippen LogP contribution in [-0.4, -0.2) is 44.9 Å². The third-order valence-electron chi connectivity index (χ3n) is 7.15. The molecule has 0 bridgehead atoms. The molecule has 3 aromatic carbocycles. The lowest BCUT2D eigenvalue weighted by Crippen LogP contribution is -2.35. The molecule has 0 heterocycles. The van der Waals surface area contributed by atoms with Gasteiger partial charge in [-0.1, -0.05) is 36.4 Å². The highest BCUT2D eigenvalue weighted by atomic mass is 35.5. The molecule has 9 heteroatoms. The number of ether oxygens (including phenoxy) is 4. The molecular weight excluding hydrogens is 554 g/mol. The lowest BCUT2D eigenvalue weighted by Gasteiger charge is -2.25. The zero-order valence-electron chi connectivity index (χ0n) is 24.6. The number of rotatable bonds is 14. The maximum Gasteiger partial charge on any atom is 0.272 e. The highest BCUT2D eigenvalue weighted by Gasteiger charge is 2.27. The van der Waals surface area contributed by atoms with Crippen LogP contribution in [0.1, 0.15) is 35.1 Å². The normalized spacial score (nSPS) is 13.5. The standard InChI is InChI=1S/C33H38ClN3O5/c1-36-29(17-28(35)24-12-13-24)33(38)37(19-25-14-15-27(39-2)16-31(25)40-3)20-26-6-5-7-30(32(26)41-4)42-21-23-10-8-22(18-34)9-11-23/h5-11,14-17,24H,12-13,18-21,35H2,1-4H3/b28-17-,36-29?. The molecule has 0 spiro atoms. The van der Waals surface area contributed by atoms with Crippen molar-refractivity contribution in [3.05, 3.63) is 94.7 Å². The van der Waals surface area contributed by atoms with Gasteiger partial charge in [-0.25, -0.2) is 0 Å². The molecule has 0 unspecified atom stereocenters. The lowest BCUT2D eigenvalue weighted by atomic mass is 10.1. The van der Waals surface area contributed by atoms with Crippen molar-refractivity contribution in [2.75, 3.05) is 28.4 Å². The minimum Gasteiger partial charge on any atom is -0.497 e. The molecule has 0 saturated heterocycles. The van der Waals surface area contributed by atoms with E-state index in [-0.39, 0.29) is 19.0 Å². The molecule has 4 rings (SSSR count). The van der Waals surface area contributed by atoms with E-state index in [0.29, 0.717) is 52.8 Å². The first-order valence-corrected chi connectivity index (χ1v) is 14.3. The summed E-state index contributed by atoms with van der Waals surface area (Å²) >= 11 is 5.92. The summed E-state index contributed by atoms with van der Waals surface area (Å²) in [5.74, 6) is 2.91. The lowest BCUT2D eigenvalue weighted by molar-refractivity contribution is -0.125. The minimum atomic E-state index is -0.258. The van der Waals surface area contributed by atoms with Crippen molar-refractivity contribution in [2.24, 2.45) is 16.6 Å². The molecule has 8 nitrogen and oxygen atoms in total. The van der Waals surface area contributed by atoms with Gasteiger partial charge in [-0.15, -0.1) is 11.6 Å². The van der Waals surface area contributed by atoms with Crippen molar-refractivity contribution in [3.63, 3.8) is 0 Å². The first-order chi connectivity index (χ1) is 20.4. The summed E-state index contributed by atoms with van der Waals surface area (Å²) in [4.78, 5) is 20.0. The van der Waals surface area contributed by atoms with Gasteiger partial charge in [0, 0.05) is 35.8 Å². The summed E-state index contributed by atoms with van der Waals surface area (Å²) in [5, 5.41) is 0. The number of nitrogens with zero attached hydrogens (tertiary/aromatic N) is 2. The van der Waals surface area contributed by atoms with Gasteiger partial charge in [-0.05, 0) is 54.2 Å². The Balaban J connectivity index is 1.64. The van der Waals surface area contributed by atoms with Crippen LogP contribution in [-0.2, 0) is 30.4 Å². The Labute approximate surface area is 252 Å². The number of hydrogen-bond donors (Lipinski definition) is 1. The molecule has 3 aromatic rings. The summed E-state index contributed by atoms with van der Waals surface area (Å²) in [6, 6.07) is 19.1. The number of hydrogen-bond acceptors (Lipinski definition) is 7. The number of carbonyl (C=O) groups is 1. The summed E-state index contributed by atoms with van der Waals surface area (Å²) in [6.07, 6.45) is 3.76. The molecule has 1 aliphatic rings. The van der Waals surface area contributed by atoms with Gasteiger partial charge < -0.3 is 29.6 Å². The van der Waals surface area contributed by atoms with Gasteiger partial charge in [-0.2, -0.15) is 0 Å². The molecule has 42 heavy (non-hydrogen) atoms. The second-order valence-corrected chi connectivity index (χ2v) is 10.3. The van der Waals surface area contributed by atoms with E-state index in [4.69, 9.17) is 36.3 Å². The highest BCUT2D eigenvalue weighted by molar-refractivity contribution is 6.43. The molecule has 0 atom stereocenters. The molecule has 0 aromatic heterocycles. The Hall–Kier alpha value is -4.17. The number of allylic oxidation sites excluding steroid dienone is 1. The van der Waals surface area contributed by atoms with E-state index in [2.05, 4.69) is 4.99 Å². The second-order valence-electron chi connectivity index (χ2n) is 10.1. The second kappa shape index (κ2) is 14.6. The van der Waals surface area contributed by atoms with E-state index in [1.54, 1.807) is 45.4 Å². The van der Waals surface area contributed by atoms with E-state index in [9.17, 15) is 4.79 Å². The fraction of sp³-hybridized carbons (Fsp3) is 0.333. The van der Waals surface area contributed by atoms with Gasteiger partial charge in [0.05, 0.1) is 34.4 Å². The van der Waals surface area contributed by atoms with Crippen molar-refractivity contribution in [1.82, 2.24) is 4.90 Å². The third kappa shape index (κ3) is 7.76. The van der Waals surface area contributed by atoms with Crippen molar-refractivity contribution in [1.29, 1.82) is 0 Å². The van der Waals surface area contributed by atoms with Gasteiger partial charge in [0.2, 0.25) is 0 Å². The number of nitrogens with two attached hydrogens (primary N) is 1. The summed E-state index contributed by atoms with van der Waals surface area (Å²) < 4.78 is 23.0. The quantitative estimate of drug-likeness (QED) is 0.186. The number of benzene rings is 3. The maximum atomic E-state index is 14.0. The maximum absolute atomic E-state index is 14.0. The average molecular weight is 592 g/mol. The Kier molecular flexibility index (Phi) is 10.7. The predicted molar refractivity (Wildman–Crippen MR) is 165 cm³/mol. The van der Waals surface area contributed by atoms with E-state index in [0.717, 1.165) is 35.1 Å². The fourth-order valence-electron chi connectivity index (χ4n) is 4.59. The zero-order chi connectivity index (χ0) is 30.1. The predicted octanol–water partition coefficient (Wildman–Crippen LogP) is 5.88. The van der Waals surface area contributed by atoms with Crippen LogP contribution in [0.2, 0.25) is 0 Å². The summed E-state index contributed by atoms with van der Waals surface area (Å²) in [7, 11) is 6.39. The Morgan fingerprint density at radius 2 is 1.67 bits per heavy atom. The van der Waals surface area contributed by atoms with Crippen LogP contribution in [0.3, 0.4) is 0 Å². The number of amides is 1. The number of carbonyl (C=O) groups excluding carboxylic acids is 1. The van der Waals surface area contributed by atoms with Crippen molar-refractivity contribution in [3.8, 4) is 23.0 Å². The minimum absolute atomic E-state index is 0.231. The van der Waals surface area contributed by atoms with E-state index in [1.807, 2.05) is 54.6 Å². The topological polar surface area (TPSA) is 95.6 Å². The Bertz CT molecular complexity index is 1430. The van der Waals surface area contributed by atoms with Gasteiger partial charge >= 0.3 is 0 Å². The monoisotopic (exact) mass is 591 g/mol. The molecule has 1 aliphatic carbocycles. The molecular formula is C33H38ClN3O5. The third-order valence-corrected chi connectivity index (χ3v) is 7.46. The van der Waals surface area contributed by atoms with Crippen LogP contribution in [0.25, 0.3) is 0 Å².